The van der Waals surface area contributed by atoms with E-state index in [2.05, 4.69) is 5.32 Å². The number of halogens is 1. The van der Waals surface area contributed by atoms with Crippen LogP contribution in [-0.2, 0) is 14.3 Å². The SMILES string of the molecule is COCCOCC(=O)Nc1cc(F)ccc1C. The molecule has 1 aromatic rings. The Morgan fingerprint density at radius 3 is 2.88 bits per heavy atom. The lowest BCUT2D eigenvalue weighted by atomic mass is 10.2. The van der Waals surface area contributed by atoms with Crippen LogP contribution in [0.4, 0.5) is 10.1 Å². The van der Waals surface area contributed by atoms with Gasteiger partial charge in [-0.15, -0.1) is 0 Å². The fourth-order valence-electron chi connectivity index (χ4n) is 1.22. The number of nitrogens with one attached hydrogen (secondary N) is 1. The standard InChI is InChI=1S/C12H16FNO3/c1-9-3-4-10(13)7-11(9)14-12(15)8-17-6-5-16-2/h3-4,7H,5-6,8H2,1-2H3,(H,14,15). The van der Waals surface area contributed by atoms with Crippen molar-refractivity contribution < 1.29 is 18.7 Å². The average Bonchev–Trinajstić information content (AvgIpc) is 2.29. The minimum Gasteiger partial charge on any atom is -0.382 e. The van der Waals surface area contributed by atoms with E-state index >= 15 is 0 Å². The van der Waals surface area contributed by atoms with Crippen LogP contribution in [0.5, 0.6) is 0 Å². The summed E-state index contributed by atoms with van der Waals surface area (Å²) in [6.45, 7) is 2.51. The highest BCUT2D eigenvalue weighted by molar-refractivity contribution is 5.92. The van der Waals surface area contributed by atoms with E-state index in [0.717, 1.165) is 5.56 Å². The molecule has 0 saturated heterocycles. The van der Waals surface area contributed by atoms with Gasteiger partial charge in [-0.3, -0.25) is 4.79 Å². The van der Waals surface area contributed by atoms with Crippen molar-refractivity contribution in [3.05, 3.63) is 29.6 Å². The zero-order valence-electron chi connectivity index (χ0n) is 9.96. The van der Waals surface area contributed by atoms with E-state index in [0.29, 0.717) is 18.9 Å². The topological polar surface area (TPSA) is 47.6 Å². The quantitative estimate of drug-likeness (QED) is 0.772. The monoisotopic (exact) mass is 241 g/mol. The number of hydrogen-bond donors (Lipinski definition) is 1. The molecular formula is C12H16FNO3. The van der Waals surface area contributed by atoms with Gasteiger partial charge in [0.25, 0.3) is 0 Å². The molecule has 1 amide bonds. The molecule has 5 heteroatoms. The highest BCUT2D eigenvalue weighted by Crippen LogP contribution is 2.15. The van der Waals surface area contributed by atoms with E-state index in [9.17, 15) is 9.18 Å². The van der Waals surface area contributed by atoms with Gasteiger partial charge in [0.1, 0.15) is 12.4 Å². The van der Waals surface area contributed by atoms with E-state index < -0.39 is 0 Å². The molecule has 0 fully saturated rings. The Kier molecular flexibility index (Phi) is 5.59. The highest BCUT2D eigenvalue weighted by Gasteiger charge is 2.05. The molecule has 0 aromatic heterocycles. The number of carbonyl (C=O) groups excluding carboxylic acids is 1. The maximum Gasteiger partial charge on any atom is 0.250 e. The predicted octanol–water partition coefficient (Wildman–Crippen LogP) is 1.74. The van der Waals surface area contributed by atoms with Crippen LogP contribution in [0.25, 0.3) is 0 Å². The van der Waals surface area contributed by atoms with Crippen LogP contribution < -0.4 is 5.32 Å². The number of anilines is 1. The van der Waals surface area contributed by atoms with Crippen LogP contribution in [0.3, 0.4) is 0 Å². The summed E-state index contributed by atoms with van der Waals surface area (Å²) in [7, 11) is 1.56. The molecule has 4 nitrogen and oxygen atoms in total. The fraction of sp³-hybridized carbons (Fsp3) is 0.417. The van der Waals surface area contributed by atoms with Gasteiger partial charge in [-0.05, 0) is 24.6 Å². The van der Waals surface area contributed by atoms with E-state index in [1.807, 2.05) is 0 Å². The molecule has 1 rings (SSSR count). The average molecular weight is 241 g/mol. The maximum atomic E-state index is 13.0. The van der Waals surface area contributed by atoms with Gasteiger partial charge in [0.2, 0.25) is 5.91 Å². The first-order valence-electron chi connectivity index (χ1n) is 5.26. The Labute approximate surface area is 99.7 Å². The van der Waals surface area contributed by atoms with Crippen molar-refractivity contribution in [3.63, 3.8) is 0 Å². The molecule has 0 bridgehead atoms. The predicted molar refractivity (Wildman–Crippen MR) is 62.5 cm³/mol. The molecule has 0 spiro atoms. The van der Waals surface area contributed by atoms with Gasteiger partial charge in [-0.2, -0.15) is 0 Å². The summed E-state index contributed by atoms with van der Waals surface area (Å²) in [5.74, 6) is -0.694. The van der Waals surface area contributed by atoms with Crippen LogP contribution in [0.2, 0.25) is 0 Å². The molecule has 0 radical (unpaired) electrons. The van der Waals surface area contributed by atoms with E-state index in [-0.39, 0.29) is 18.3 Å². The van der Waals surface area contributed by atoms with Crippen molar-refractivity contribution in [1.29, 1.82) is 0 Å². The van der Waals surface area contributed by atoms with Crippen molar-refractivity contribution in [3.8, 4) is 0 Å². The third kappa shape index (κ3) is 4.93. The van der Waals surface area contributed by atoms with Gasteiger partial charge in [-0.25, -0.2) is 4.39 Å². The number of carbonyl (C=O) groups is 1. The summed E-state index contributed by atoms with van der Waals surface area (Å²) in [5, 5.41) is 2.58. The molecule has 1 N–H and O–H groups in total. The minimum atomic E-state index is -0.383. The summed E-state index contributed by atoms with van der Waals surface area (Å²) in [5.41, 5.74) is 1.27. The molecular weight excluding hydrogens is 225 g/mol. The van der Waals surface area contributed by atoms with Crippen LogP contribution in [-0.4, -0.2) is 32.8 Å². The van der Waals surface area contributed by atoms with Gasteiger partial charge in [0.15, 0.2) is 0 Å². The lowest BCUT2D eigenvalue weighted by Crippen LogP contribution is -2.20. The lowest BCUT2D eigenvalue weighted by molar-refractivity contribution is -0.121. The molecule has 0 aliphatic heterocycles. The van der Waals surface area contributed by atoms with Crippen molar-refractivity contribution in [2.24, 2.45) is 0 Å². The Morgan fingerprint density at radius 1 is 1.41 bits per heavy atom. The Hall–Kier alpha value is -1.46. The van der Waals surface area contributed by atoms with Crippen LogP contribution >= 0.6 is 0 Å². The zero-order valence-corrected chi connectivity index (χ0v) is 9.96. The fourth-order valence-corrected chi connectivity index (χ4v) is 1.22. The van der Waals surface area contributed by atoms with E-state index in [1.165, 1.54) is 12.1 Å². The third-order valence-electron chi connectivity index (χ3n) is 2.14. The first-order chi connectivity index (χ1) is 8.13. The van der Waals surface area contributed by atoms with Crippen LogP contribution in [0.15, 0.2) is 18.2 Å². The normalized spacial score (nSPS) is 10.3. The molecule has 0 aliphatic rings. The van der Waals surface area contributed by atoms with Crippen molar-refractivity contribution in [2.75, 3.05) is 32.2 Å². The van der Waals surface area contributed by atoms with Gasteiger partial charge in [0.05, 0.1) is 13.2 Å². The molecule has 0 atom stereocenters. The molecule has 94 valence electrons. The number of ether oxygens (including phenoxy) is 2. The van der Waals surface area contributed by atoms with Crippen LogP contribution in [0.1, 0.15) is 5.56 Å². The number of rotatable bonds is 6. The molecule has 0 unspecified atom stereocenters. The zero-order chi connectivity index (χ0) is 12.7. The number of hydrogen-bond acceptors (Lipinski definition) is 3. The van der Waals surface area contributed by atoms with Gasteiger partial charge in [0, 0.05) is 12.8 Å². The largest absolute Gasteiger partial charge is 0.382 e. The maximum absolute atomic E-state index is 13.0. The molecule has 0 saturated carbocycles. The summed E-state index contributed by atoms with van der Waals surface area (Å²) < 4.78 is 22.8. The van der Waals surface area contributed by atoms with E-state index in [1.54, 1.807) is 20.1 Å². The van der Waals surface area contributed by atoms with Crippen LogP contribution in [0, 0.1) is 12.7 Å². The summed E-state index contributed by atoms with van der Waals surface area (Å²) in [6, 6.07) is 4.24. The Morgan fingerprint density at radius 2 is 2.18 bits per heavy atom. The molecule has 0 heterocycles. The first-order valence-corrected chi connectivity index (χ1v) is 5.26. The highest BCUT2D eigenvalue weighted by atomic mass is 19.1. The smallest absolute Gasteiger partial charge is 0.250 e. The second kappa shape index (κ2) is 6.98. The third-order valence-corrected chi connectivity index (χ3v) is 2.14. The Balaban J connectivity index is 2.42. The van der Waals surface area contributed by atoms with Gasteiger partial charge >= 0.3 is 0 Å². The van der Waals surface area contributed by atoms with Crippen molar-refractivity contribution >= 4 is 11.6 Å². The number of aryl methyl sites for hydroxylation is 1. The van der Waals surface area contributed by atoms with Crippen molar-refractivity contribution in [2.45, 2.75) is 6.92 Å². The summed E-state index contributed by atoms with van der Waals surface area (Å²) in [4.78, 5) is 11.4. The first kappa shape index (κ1) is 13.6. The summed E-state index contributed by atoms with van der Waals surface area (Å²) >= 11 is 0. The van der Waals surface area contributed by atoms with Gasteiger partial charge in [-0.1, -0.05) is 6.07 Å². The Bertz CT molecular complexity index is 382. The summed E-state index contributed by atoms with van der Waals surface area (Å²) in [6.07, 6.45) is 0. The minimum absolute atomic E-state index is 0.0701. The van der Waals surface area contributed by atoms with E-state index in [4.69, 9.17) is 9.47 Å². The number of amides is 1. The van der Waals surface area contributed by atoms with Crippen molar-refractivity contribution in [1.82, 2.24) is 0 Å². The molecule has 17 heavy (non-hydrogen) atoms. The molecule has 1 aromatic carbocycles. The lowest BCUT2D eigenvalue weighted by Gasteiger charge is -2.08. The van der Waals surface area contributed by atoms with Gasteiger partial charge < -0.3 is 14.8 Å². The molecule has 0 aliphatic carbocycles. The number of benzene rings is 1. The second-order valence-corrected chi connectivity index (χ2v) is 3.55. The second-order valence-electron chi connectivity index (χ2n) is 3.55. The number of methoxy groups -OCH3 is 1.